The summed E-state index contributed by atoms with van der Waals surface area (Å²) in [5.74, 6) is -1.43. The highest BCUT2D eigenvalue weighted by molar-refractivity contribution is 5.86. The quantitative estimate of drug-likeness (QED) is 0.537. The molecule has 35 heavy (non-hydrogen) atoms. The van der Waals surface area contributed by atoms with E-state index in [1.807, 2.05) is 19.1 Å². The first kappa shape index (κ1) is 26.5. The van der Waals surface area contributed by atoms with Crippen LogP contribution >= 0.6 is 0 Å². The second-order valence-electron chi connectivity index (χ2n) is 9.69. The van der Waals surface area contributed by atoms with Crippen molar-refractivity contribution >= 4 is 11.9 Å². The Kier molecular flexibility index (Phi) is 8.07. The van der Waals surface area contributed by atoms with E-state index >= 15 is 0 Å². The summed E-state index contributed by atoms with van der Waals surface area (Å²) in [7, 11) is 4.97. The summed E-state index contributed by atoms with van der Waals surface area (Å²) in [6.45, 7) is 8.90. The molecule has 1 heterocycles. The summed E-state index contributed by atoms with van der Waals surface area (Å²) in [5.41, 5.74) is 3.78. The number of nitrogens with zero attached hydrogens (tertiary/aromatic N) is 1. The average molecular weight is 486 g/mol. The van der Waals surface area contributed by atoms with Crippen LogP contribution in [0.15, 0.2) is 36.4 Å². The molecule has 1 aliphatic rings. The third-order valence-corrected chi connectivity index (χ3v) is 6.56. The lowest BCUT2D eigenvalue weighted by Gasteiger charge is -2.38. The lowest BCUT2D eigenvalue weighted by Crippen LogP contribution is -2.50. The van der Waals surface area contributed by atoms with Crippen LogP contribution in [-0.4, -0.2) is 67.5 Å². The second kappa shape index (κ2) is 10.7. The van der Waals surface area contributed by atoms with Gasteiger partial charge in [0.15, 0.2) is 11.5 Å². The van der Waals surface area contributed by atoms with Gasteiger partial charge in [-0.25, -0.2) is 9.59 Å². The molecular weight excluding hydrogens is 450 g/mol. The number of carboxylic acids is 1. The van der Waals surface area contributed by atoms with Crippen molar-refractivity contribution in [2.75, 3.05) is 27.8 Å². The summed E-state index contributed by atoms with van der Waals surface area (Å²) in [5, 5.41) is 9.56. The van der Waals surface area contributed by atoms with Gasteiger partial charge in [0.05, 0.1) is 13.2 Å². The van der Waals surface area contributed by atoms with Gasteiger partial charge in [0.1, 0.15) is 0 Å². The molecule has 8 heteroatoms. The Morgan fingerprint density at radius 2 is 1.83 bits per heavy atom. The Balaban J connectivity index is 1.81. The Morgan fingerprint density at radius 1 is 1.11 bits per heavy atom. The Labute approximate surface area is 206 Å². The van der Waals surface area contributed by atoms with Crippen LogP contribution < -0.4 is 9.47 Å². The minimum atomic E-state index is -1.49. The van der Waals surface area contributed by atoms with E-state index in [-0.39, 0.29) is 11.6 Å². The van der Waals surface area contributed by atoms with Gasteiger partial charge in [-0.15, -0.1) is 0 Å². The molecule has 2 aromatic rings. The summed E-state index contributed by atoms with van der Waals surface area (Å²) >= 11 is 0. The molecule has 3 atom stereocenters. The molecule has 190 valence electrons. The van der Waals surface area contributed by atoms with Crippen LogP contribution in [0.2, 0.25) is 0 Å². The van der Waals surface area contributed by atoms with Crippen LogP contribution in [0.5, 0.6) is 11.5 Å². The highest BCUT2D eigenvalue weighted by atomic mass is 16.6. The van der Waals surface area contributed by atoms with Gasteiger partial charge in [0.25, 0.3) is 0 Å². The number of fused-ring (bicyclic) bond motifs is 1. The SMILES string of the molecule is COC(=O)C1Oc2c(C)cc(CC(C)(C)N(C)CC(OC)c3cccc(C)c3)cc2OC1C(=O)O. The second-order valence-corrected chi connectivity index (χ2v) is 9.69. The van der Waals surface area contributed by atoms with Crippen molar-refractivity contribution < 1.29 is 33.6 Å². The van der Waals surface area contributed by atoms with Crippen molar-refractivity contribution in [3.63, 3.8) is 0 Å². The van der Waals surface area contributed by atoms with Gasteiger partial charge in [0.2, 0.25) is 12.2 Å². The fourth-order valence-corrected chi connectivity index (χ4v) is 4.33. The predicted molar refractivity (Wildman–Crippen MR) is 131 cm³/mol. The molecule has 0 amide bonds. The molecule has 0 radical (unpaired) electrons. The molecule has 0 saturated carbocycles. The molecule has 0 saturated heterocycles. The molecule has 0 bridgehead atoms. The third-order valence-electron chi connectivity index (χ3n) is 6.56. The maximum atomic E-state index is 12.1. The highest BCUT2D eigenvalue weighted by Gasteiger charge is 2.43. The molecule has 3 unspecified atom stereocenters. The van der Waals surface area contributed by atoms with Gasteiger partial charge in [0, 0.05) is 19.2 Å². The molecule has 0 fully saturated rings. The maximum Gasteiger partial charge on any atom is 0.351 e. The van der Waals surface area contributed by atoms with Crippen molar-refractivity contribution in [3.8, 4) is 11.5 Å². The van der Waals surface area contributed by atoms with Gasteiger partial charge in [-0.1, -0.05) is 35.9 Å². The number of aliphatic carboxylic acids is 1. The summed E-state index contributed by atoms with van der Waals surface area (Å²) < 4.78 is 22.0. The molecule has 0 aromatic heterocycles. The zero-order valence-electron chi connectivity index (χ0n) is 21.5. The minimum absolute atomic E-state index is 0.0762. The van der Waals surface area contributed by atoms with Gasteiger partial charge in [-0.05, 0) is 63.9 Å². The number of likely N-dealkylation sites (N-methyl/N-ethyl adjacent to an activating group) is 1. The number of benzene rings is 2. The van der Waals surface area contributed by atoms with E-state index in [0.29, 0.717) is 24.5 Å². The van der Waals surface area contributed by atoms with Crippen molar-refractivity contribution in [2.45, 2.75) is 58.0 Å². The van der Waals surface area contributed by atoms with Crippen molar-refractivity contribution in [2.24, 2.45) is 0 Å². The van der Waals surface area contributed by atoms with Crippen molar-refractivity contribution in [3.05, 3.63) is 58.7 Å². The van der Waals surface area contributed by atoms with E-state index in [9.17, 15) is 14.7 Å². The summed E-state index contributed by atoms with van der Waals surface area (Å²) in [4.78, 5) is 26.0. The number of carbonyl (C=O) groups is 2. The van der Waals surface area contributed by atoms with Crippen molar-refractivity contribution in [1.29, 1.82) is 0 Å². The molecule has 1 aliphatic heterocycles. The summed E-state index contributed by atoms with van der Waals surface area (Å²) in [6.07, 6.45) is -2.27. The number of methoxy groups -OCH3 is 2. The minimum Gasteiger partial charge on any atom is -0.478 e. The monoisotopic (exact) mass is 485 g/mol. The van der Waals surface area contributed by atoms with E-state index in [4.69, 9.17) is 18.9 Å². The fraction of sp³-hybridized carbons (Fsp3) is 0.481. The number of rotatable bonds is 9. The van der Waals surface area contributed by atoms with Gasteiger partial charge >= 0.3 is 11.9 Å². The number of hydrogen-bond acceptors (Lipinski definition) is 7. The first-order valence-corrected chi connectivity index (χ1v) is 11.5. The number of hydrogen-bond donors (Lipinski definition) is 1. The van der Waals surface area contributed by atoms with Crippen LogP contribution in [0, 0.1) is 13.8 Å². The number of carbonyl (C=O) groups excluding carboxylic acids is 1. The summed E-state index contributed by atoms with van der Waals surface area (Å²) in [6, 6.07) is 12.1. The molecule has 1 N–H and O–H groups in total. The van der Waals surface area contributed by atoms with E-state index in [0.717, 1.165) is 16.7 Å². The Hall–Kier alpha value is -3.10. The van der Waals surface area contributed by atoms with Gasteiger partial charge in [-0.2, -0.15) is 0 Å². The third kappa shape index (κ3) is 5.94. The van der Waals surface area contributed by atoms with Crippen molar-refractivity contribution in [1.82, 2.24) is 4.90 Å². The van der Waals surface area contributed by atoms with E-state index in [1.54, 1.807) is 13.2 Å². The lowest BCUT2D eigenvalue weighted by molar-refractivity contribution is -0.166. The molecule has 0 aliphatic carbocycles. The zero-order valence-corrected chi connectivity index (χ0v) is 21.5. The number of ether oxygens (including phenoxy) is 4. The van der Waals surface area contributed by atoms with Gasteiger partial charge < -0.3 is 24.1 Å². The average Bonchev–Trinajstić information content (AvgIpc) is 2.80. The molecule has 0 spiro atoms. The topological polar surface area (TPSA) is 94.5 Å². The normalized spacial score (nSPS) is 18.3. The first-order chi connectivity index (χ1) is 16.5. The van der Waals surface area contributed by atoms with Gasteiger partial charge in [-0.3, -0.25) is 4.90 Å². The van der Waals surface area contributed by atoms with Crippen LogP contribution in [0.1, 0.15) is 42.2 Å². The maximum absolute atomic E-state index is 12.1. The molecular formula is C27H35NO7. The van der Waals surface area contributed by atoms with Crippen LogP contribution in [0.25, 0.3) is 0 Å². The molecule has 3 rings (SSSR count). The molecule has 8 nitrogen and oxygen atoms in total. The van der Waals surface area contributed by atoms with Crippen LogP contribution in [0.3, 0.4) is 0 Å². The number of aryl methyl sites for hydroxylation is 2. The lowest BCUT2D eigenvalue weighted by atomic mass is 9.91. The standard InChI is InChI=1S/C27H35NO7/c1-16-9-8-10-19(11-16)21(32-6)15-28(5)27(3,4)14-18-12-17(2)22-20(13-18)34-23(25(29)30)24(35-22)26(31)33-7/h8-13,21,23-24H,14-15H2,1-7H3,(H,29,30). The van der Waals surface area contributed by atoms with Crippen LogP contribution in [-0.2, 0) is 25.5 Å². The fourth-order valence-electron chi connectivity index (χ4n) is 4.33. The largest absolute Gasteiger partial charge is 0.478 e. The Bertz CT molecular complexity index is 1080. The Morgan fingerprint density at radius 3 is 2.43 bits per heavy atom. The number of esters is 1. The molecule has 2 aromatic carbocycles. The smallest absolute Gasteiger partial charge is 0.351 e. The first-order valence-electron chi connectivity index (χ1n) is 11.5. The highest BCUT2D eigenvalue weighted by Crippen LogP contribution is 2.39. The number of carboxylic acid groups (broad SMARTS) is 1. The predicted octanol–water partition coefficient (Wildman–Crippen LogP) is 3.71. The van der Waals surface area contributed by atoms with E-state index < -0.39 is 24.1 Å². The van der Waals surface area contributed by atoms with E-state index in [2.05, 4.69) is 50.9 Å². The van der Waals surface area contributed by atoms with Crippen LogP contribution in [0.4, 0.5) is 0 Å². The zero-order chi connectivity index (χ0) is 25.9. The van der Waals surface area contributed by atoms with E-state index in [1.165, 1.54) is 12.7 Å².